The molecule has 0 bridgehead atoms. The monoisotopic (exact) mass is 485 g/mol. The molecule has 0 saturated heterocycles. The highest BCUT2D eigenvalue weighted by atomic mass is 35.5. The molecule has 6 nitrogen and oxygen atoms in total. The second-order valence-corrected chi connectivity index (χ2v) is 9.52. The van der Waals surface area contributed by atoms with Gasteiger partial charge in [0, 0.05) is 36.0 Å². The van der Waals surface area contributed by atoms with E-state index in [0.717, 1.165) is 34.6 Å². The number of hydrogen-bond donors (Lipinski definition) is 0. The number of benzene rings is 2. The lowest BCUT2D eigenvalue weighted by atomic mass is 10.1. The highest BCUT2D eigenvalue weighted by Gasteiger charge is 2.32. The van der Waals surface area contributed by atoms with Crippen LogP contribution in [0.3, 0.4) is 0 Å². The zero-order valence-electron chi connectivity index (χ0n) is 18.8. The summed E-state index contributed by atoms with van der Waals surface area (Å²) in [5.74, 6) is -0.0333. The molecule has 2 aromatic carbocycles. The van der Waals surface area contributed by atoms with Crippen LogP contribution in [0.15, 0.2) is 66.1 Å². The van der Waals surface area contributed by atoms with Crippen LogP contribution >= 0.6 is 23.4 Å². The fourth-order valence-electron chi connectivity index (χ4n) is 3.60. The Labute approximate surface area is 203 Å². The third-order valence-electron chi connectivity index (χ3n) is 5.55. The number of imidazole rings is 1. The van der Waals surface area contributed by atoms with Gasteiger partial charge in [0.05, 0.1) is 25.2 Å². The quantitative estimate of drug-likeness (QED) is 0.344. The standard InChI is InChI=1S/C25H28ClN3O3S/c1-3-4-13-31-25-24(30)28(2)21-14-19(7-10-23(21)33-25)22(15-29-12-11-27-17-29)32-16-18-5-8-20(26)9-6-18/h5-12,14,17,22,25H,3-4,13,15-16H2,1-2H3/t22-,25+/m0/s1. The Hall–Kier alpha value is -2.32. The lowest BCUT2D eigenvalue weighted by Crippen LogP contribution is -2.39. The molecule has 8 heteroatoms. The van der Waals surface area contributed by atoms with Gasteiger partial charge in [-0.3, -0.25) is 4.79 Å². The Morgan fingerprint density at radius 3 is 2.76 bits per heavy atom. The summed E-state index contributed by atoms with van der Waals surface area (Å²) in [5.41, 5.74) is 2.43. The van der Waals surface area contributed by atoms with Crippen molar-refractivity contribution in [2.75, 3.05) is 18.6 Å². The Kier molecular flexibility index (Phi) is 8.09. The van der Waals surface area contributed by atoms with E-state index >= 15 is 0 Å². The van der Waals surface area contributed by atoms with Gasteiger partial charge in [-0.2, -0.15) is 0 Å². The second kappa shape index (κ2) is 11.2. The maximum atomic E-state index is 12.9. The first-order valence-electron chi connectivity index (χ1n) is 11.1. The zero-order chi connectivity index (χ0) is 23.2. The molecular formula is C25H28ClN3O3S. The molecule has 0 spiro atoms. The molecule has 0 aliphatic carbocycles. The van der Waals surface area contributed by atoms with E-state index in [1.54, 1.807) is 24.5 Å². The molecular weight excluding hydrogens is 458 g/mol. The normalized spacial score (nSPS) is 16.6. The van der Waals surface area contributed by atoms with E-state index < -0.39 is 5.44 Å². The molecule has 0 unspecified atom stereocenters. The number of hydrogen-bond acceptors (Lipinski definition) is 5. The molecule has 3 aromatic rings. The van der Waals surface area contributed by atoms with E-state index in [-0.39, 0.29) is 12.0 Å². The summed E-state index contributed by atoms with van der Waals surface area (Å²) in [4.78, 5) is 19.8. The number of aromatic nitrogens is 2. The molecule has 0 N–H and O–H groups in total. The summed E-state index contributed by atoms with van der Waals surface area (Å²) in [6.07, 6.45) is 7.22. The van der Waals surface area contributed by atoms with Gasteiger partial charge in [-0.1, -0.05) is 54.9 Å². The zero-order valence-corrected chi connectivity index (χ0v) is 20.4. The van der Waals surface area contributed by atoms with E-state index in [2.05, 4.69) is 24.0 Å². The van der Waals surface area contributed by atoms with Gasteiger partial charge in [-0.25, -0.2) is 4.98 Å². The number of unbranched alkanes of at least 4 members (excludes halogenated alkanes) is 1. The van der Waals surface area contributed by atoms with Gasteiger partial charge >= 0.3 is 0 Å². The number of ether oxygens (including phenoxy) is 2. The lowest BCUT2D eigenvalue weighted by Gasteiger charge is -2.32. The van der Waals surface area contributed by atoms with Crippen molar-refractivity contribution in [3.63, 3.8) is 0 Å². The number of fused-ring (bicyclic) bond motifs is 1. The fraction of sp³-hybridized carbons (Fsp3) is 0.360. The Morgan fingerprint density at radius 1 is 1.21 bits per heavy atom. The van der Waals surface area contributed by atoms with Crippen LogP contribution in [-0.4, -0.2) is 34.5 Å². The Balaban J connectivity index is 1.54. The van der Waals surface area contributed by atoms with Gasteiger partial charge in [0.2, 0.25) is 0 Å². The number of anilines is 1. The molecule has 4 rings (SSSR count). The number of halogens is 1. The summed E-state index contributed by atoms with van der Waals surface area (Å²) in [7, 11) is 1.81. The molecule has 174 valence electrons. The number of amides is 1. The van der Waals surface area contributed by atoms with Crippen LogP contribution in [0.2, 0.25) is 5.02 Å². The third-order valence-corrected chi connectivity index (χ3v) is 6.95. The third kappa shape index (κ3) is 5.98. The first-order valence-corrected chi connectivity index (χ1v) is 12.3. The van der Waals surface area contributed by atoms with Gasteiger partial charge in [0.15, 0.2) is 5.44 Å². The summed E-state index contributed by atoms with van der Waals surface area (Å²) in [5, 5.41) is 0.700. The molecule has 2 atom stereocenters. The van der Waals surface area contributed by atoms with Crippen LogP contribution in [0.5, 0.6) is 0 Å². The molecule has 1 aliphatic rings. The number of thioether (sulfide) groups is 1. The van der Waals surface area contributed by atoms with E-state index in [1.165, 1.54) is 11.8 Å². The number of rotatable bonds is 10. The van der Waals surface area contributed by atoms with Crippen LogP contribution in [0.25, 0.3) is 0 Å². The topological polar surface area (TPSA) is 56.6 Å². The van der Waals surface area contributed by atoms with Gasteiger partial charge < -0.3 is 18.9 Å². The van der Waals surface area contributed by atoms with Crippen molar-refractivity contribution in [1.29, 1.82) is 0 Å². The van der Waals surface area contributed by atoms with Crippen LogP contribution < -0.4 is 4.90 Å². The van der Waals surface area contributed by atoms with Crippen molar-refractivity contribution < 1.29 is 14.3 Å². The van der Waals surface area contributed by atoms with Gasteiger partial charge in [-0.05, 0) is 41.8 Å². The molecule has 1 aromatic heterocycles. The maximum Gasteiger partial charge on any atom is 0.266 e. The minimum atomic E-state index is -0.497. The predicted molar refractivity (Wildman–Crippen MR) is 132 cm³/mol. The highest BCUT2D eigenvalue weighted by molar-refractivity contribution is 8.00. The fourth-order valence-corrected chi connectivity index (χ4v) is 4.84. The van der Waals surface area contributed by atoms with Crippen molar-refractivity contribution in [3.05, 3.63) is 77.3 Å². The van der Waals surface area contributed by atoms with Crippen LogP contribution in [0, 0.1) is 0 Å². The second-order valence-electron chi connectivity index (χ2n) is 7.98. The largest absolute Gasteiger partial charge is 0.367 e. The molecule has 33 heavy (non-hydrogen) atoms. The summed E-state index contributed by atoms with van der Waals surface area (Å²) in [6.45, 7) is 3.76. The van der Waals surface area contributed by atoms with E-state index in [4.69, 9.17) is 21.1 Å². The first-order chi connectivity index (χ1) is 16.0. The number of likely N-dealkylation sites (N-methyl/N-ethyl adjacent to an activating group) is 1. The lowest BCUT2D eigenvalue weighted by molar-refractivity contribution is -0.125. The van der Waals surface area contributed by atoms with Crippen molar-refractivity contribution in [2.45, 2.75) is 49.4 Å². The molecule has 0 saturated carbocycles. The smallest absolute Gasteiger partial charge is 0.266 e. The minimum Gasteiger partial charge on any atom is -0.367 e. The van der Waals surface area contributed by atoms with Gasteiger partial charge in [-0.15, -0.1) is 0 Å². The number of nitrogens with zero attached hydrogens (tertiary/aromatic N) is 3. The SMILES string of the molecule is CCCCO[C@@H]1Sc2ccc([C@H](Cn3ccnc3)OCc3ccc(Cl)cc3)cc2N(C)C1=O. The first kappa shape index (κ1) is 23.8. The Bertz CT molecular complexity index is 1060. The summed E-state index contributed by atoms with van der Waals surface area (Å²) >= 11 is 7.48. The molecule has 2 heterocycles. The van der Waals surface area contributed by atoms with Gasteiger partial charge in [0.1, 0.15) is 6.10 Å². The predicted octanol–water partition coefficient (Wildman–Crippen LogP) is 5.71. The molecule has 1 aliphatic heterocycles. The minimum absolute atomic E-state index is 0.0333. The van der Waals surface area contributed by atoms with Crippen LogP contribution in [-0.2, 0) is 27.4 Å². The summed E-state index contributed by atoms with van der Waals surface area (Å²) < 4.78 is 14.2. The molecule has 1 amide bonds. The molecule has 0 fully saturated rings. The maximum absolute atomic E-state index is 12.9. The van der Waals surface area contributed by atoms with E-state index in [1.807, 2.05) is 41.1 Å². The summed E-state index contributed by atoms with van der Waals surface area (Å²) in [6, 6.07) is 13.8. The van der Waals surface area contributed by atoms with Crippen molar-refractivity contribution in [1.82, 2.24) is 9.55 Å². The molecule has 0 radical (unpaired) electrons. The van der Waals surface area contributed by atoms with Crippen LogP contribution in [0.4, 0.5) is 5.69 Å². The van der Waals surface area contributed by atoms with Crippen molar-refractivity contribution in [3.8, 4) is 0 Å². The Morgan fingerprint density at radius 2 is 2.03 bits per heavy atom. The average Bonchev–Trinajstić information content (AvgIpc) is 3.34. The van der Waals surface area contributed by atoms with Gasteiger partial charge in [0.25, 0.3) is 5.91 Å². The number of carbonyl (C=O) groups is 1. The van der Waals surface area contributed by atoms with Crippen LogP contribution in [0.1, 0.15) is 37.0 Å². The number of carbonyl (C=O) groups excluding carboxylic acids is 1. The average molecular weight is 486 g/mol. The van der Waals surface area contributed by atoms with E-state index in [0.29, 0.717) is 24.8 Å². The highest BCUT2D eigenvalue weighted by Crippen LogP contribution is 2.41. The van der Waals surface area contributed by atoms with E-state index in [9.17, 15) is 4.79 Å². The van der Waals surface area contributed by atoms with Crippen molar-refractivity contribution in [2.24, 2.45) is 0 Å². The van der Waals surface area contributed by atoms with Crippen molar-refractivity contribution >= 4 is 35.0 Å².